The highest BCUT2D eigenvalue weighted by Crippen LogP contribution is 2.23. The molecule has 0 unspecified atom stereocenters. The second-order valence-electron chi connectivity index (χ2n) is 6.13. The minimum Gasteiger partial charge on any atom is -0.356 e. The first-order valence-electron chi connectivity index (χ1n) is 8.48. The van der Waals surface area contributed by atoms with Crippen LogP contribution in [0.2, 0.25) is 0 Å². The van der Waals surface area contributed by atoms with Gasteiger partial charge < -0.3 is 9.84 Å². The smallest absolute Gasteiger partial charge is 0.267 e. The summed E-state index contributed by atoms with van der Waals surface area (Å²) in [6, 6.07) is 22.4. The largest absolute Gasteiger partial charge is 0.356 e. The van der Waals surface area contributed by atoms with E-state index in [1.165, 1.54) is 0 Å². The first-order chi connectivity index (χ1) is 13.3. The summed E-state index contributed by atoms with van der Waals surface area (Å²) in [4.78, 5) is 17.8. The summed E-state index contributed by atoms with van der Waals surface area (Å²) in [5.41, 5.74) is 2.66. The lowest BCUT2D eigenvalue weighted by atomic mass is 10.2. The molecule has 1 N–H and O–H groups in total. The van der Waals surface area contributed by atoms with Crippen molar-refractivity contribution in [3.63, 3.8) is 0 Å². The molecule has 0 aliphatic rings. The maximum Gasteiger partial charge on any atom is 0.267 e. The average molecular weight is 354 g/mol. The third-order valence-electron chi connectivity index (χ3n) is 4.40. The van der Waals surface area contributed by atoms with E-state index < -0.39 is 0 Å². The fourth-order valence-electron chi connectivity index (χ4n) is 3.10. The van der Waals surface area contributed by atoms with Crippen molar-refractivity contribution in [3.05, 3.63) is 89.3 Å². The van der Waals surface area contributed by atoms with Gasteiger partial charge in [0.05, 0.1) is 22.8 Å². The lowest BCUT2D eigenvalue weighted by molar-refractivity contribution is 0.456. The third-order valence-corrected chi connectivity index (χ3v) is 4.40. The van der Waals surface area contributed by atoms with Crippen LogP contribution in [0.25, 0.3) is 27.6 Å². The summed E-state index contributed by atoms with van der Waals surface area (Å²) in [5.74, 6) is 0.434. The fourth-order valence-corrected chi connectivity index (χ4v) is 3.10. The van der Waals surface area contributed by atoms with Gasteiger partial charge in [0, 0.05) is 17.1 Å². The van der Waals surface area contributed by atoms with Gasteiger partial charge in [0.1, 0.15) is 0 Å². The first kappa shape index (κ1) is 15.3. The SMILES string of the molecule is O=c1c2ccccc2nc(Nc2ccc3cnoc3c2)n1-c1ccccc1. The Morgan fingerprint density at radius 2 is 1.74 bits per heavy atom. The summed E-state index contributed by atoms with van der Waals surface area (Å²) in [6.07, 6.45) is 1.66. The van der Waals surface area contributed by atoms with E-state index in [0.717, 1.165) is 16.8 Å². The maximum absolute atomic E-state index is 13.2. The Morgan fingerprint density at radius 1 is 0.926 bits per heavy atom. The second-order valence-corrected chi connectivity index (χ2v) is 6.13. The molecule has 0 aliphatic heterocycles. The Kier molecular flexibility index (Phi) is 3.47. The summed E-state index contributed by atoms with van der Waals surface area (Å²) in [7, 11) is 0. The van der Waals surface area contributed by atoms with Crippen molar-refractivity contribution in [3.8, 4) is 5.69 Å². The second kappa shape index (κ2) is 6.10. The summed E-state index contributed by atoms with van der Waals surface area (Å²) < 4.78 is 6.80. The average Bonchev–Trinajstić information content (AvgIpc) is 3.17. The molecule has 2 heterocycles. The Morgan fingerprint density at radius 3 is 2.63 bits per heavy atom. The molecular weight excluding hydrogens is 340 g/mol. The Bertz CT molecular complexity index is 1320. The van der Waals surface area contributed by atoms with E-state index in [1.54, 1.807) is 16.8 Å². The molecule has 27 heavy (non-hydrogen) atoms. The van der Waals surface area contributed by atoms with E-state index in [-0.39, 0.29) is 5.56 Å². The van der Waals surface area contributed by atoms with Crippen LogP contribution in [0.3, 0.4) is 0 Å². The molecule has 130 valence electrons. The van der Waals surface area contributed by atoms with Crippen LogP contribution < -0.4 is 10.9 Å². The Hall–Kier alpha value is -3.93. The molecule has 2 aromatic heterocycles. The van der Waals surface area contributed by atoms with Crippen LogP contribution in [0.15, 0.2) is 88.3 Å². The number of hydrogen-bond donors (Lipinski definition) is 1. The topological polar surface area (TPSA) is 73.0 Å². The molecule has 3 aromatic carbocycles. The number of aromatic nitrogens is 3. The number of benzene rings is 3. The van der Waals surface area contributed by atoms with Crippen molar-refractivity contribution in [2.24, 2.45) is 0 Å². The van der Waals surface area contributed by atoms with Gasteiger partial charge in [0.2, 0.25) is 5.95 Å². The van der Waals surface area contributed by atoms with Crippen molar-refractivity contribution < 1.29 is 4.52 Å². The van der Waals surface area contributed by atoms with Crippen LogP contribution in [0.1, 0.15) is 0 Å². The zero-order valence-corrected chi connectivity index (χ0v) is 14.2. The zero-order chi connectivity index (χ0) is 18.2. The fraction of sp³-hybridized carbons (Fsp3) is 0. The van der Waals surface area contributed by atoms with E-state index in [0.29, 0.717) is 22.4 Å². The predicted molar refractivity (Wildman–Crippen MR) is 105 cm³/mol. The van der Waals surface area contributed by atoms with Gasteiger partial charge >= 0.3 is 0 Å². The number of nitrogens with zero attached hydrogens (tertiary/aromatic N) is 3. The van der Waals surface area contributed by atoms with Crippen molar-refractivity contribution in [1.82, 2.24) is 14.7 Å². The van der Waals surface area contributed by atoms with E-state index in [9.17, 15) is 4.79 Å². The molecule has 0 saturated heterocycles. The first-order valence-corrected chi connectivity index (χ1v) is 8.48. The van der Waals surface area contributed by atoms with E-state index in [2.05, 4.69) is 15.5 Å². The molecule has 0 aliphatic carbocycles. The Labute approximate surface area is 153 Å². The highest BCUT2D eigenvalue weighted by molar-refractivity contribution is 5.82. The number of para-hydroxylation sites is 2. The summed E-state index contributed by atoms with van der Waals surface area (Å²) >= 11 is 0. The monoisotopic (exact) mass is 354 g/mol. The van der Waals surface area contributed by atoms with Crippen LogP contribution in [-0.4, -0.2) is 14.7 Å². The number of rotatable bonds is 3. The molecule has 0 amide bonds. The summed E-state index contributed by atoms with van der Waals surface area (Å²) in [6.45, 7) is 0. The van der Waals surface area contributed by atoms with Crippen molar-refractivity contribution in [1.29, 1.82) is 0 Å². The molecule has 0 fully saturated rings. The molecular formula is C21H14N4O2. The number of nitrogens with one attached hydrogen (secondary N) is 1. The van der Waals surface area contributed by atoms with Crippen molar-refractivity contribution in [2.75, 3.05) is 5.32 Å². The number of fused-ring (bicyclic) bond motifs is 2. The predicted octanol–water partition coefficient (Wildman–Crippen LogP) is 4.27. The van der Waals surface area contributed by atoms with E-state index in [1.807, 2.05) is 66.7 Å². The summed E-state index contributed by atoms with van der Waals surface area (Å²) in [5, 5.41) is 8.52. The molecule has 0 saturated carbocycles. The highest BCUT2D eigenvalue weighted by atomic mass is 16.5. The molecule has 0 atom stereocenters. The molecule has 0 bridgehead atoms. The number of anilines is 2. The van der Waals surface area contributed by atoms with Gasteiger partial charge in [-0.15, -0.1) is 0 Å². The van der Waals surface area contributed by atoms with Crippen LogP contribution in [0.5, 0.6) is 0 Å². The lowest BCUT2D eigenvalue weighted by Gasteiger charge is -2.15. The van der Waals surface area contributed by atoms with Gasteiger partial charge in [0.25, 0.3) is 5.56 Å². The highest BCUT2D eigenvalue weighted by Gasteiger charge is 2.13. The minimum absolute atomic E-state index is 0.130. The molecule has 5 aromatic rings. The van der Waals surface area contributed by atoms with Gasteiger partial charge in [-0.25, -0.2) is 9.55 Å². The normalized spacial score (nSPS) is 11.1. The minimum atomic E-state index is -0.130. The van der Waals surface area contributed by atoms with E-state index >= 15 is 0 Å². The Balaban J connectivity index is 1.73. The van der Waals surface area contributed by atoms with Crippen LogP contribution in [0.4, 0.5) is 11.6 Å². The lowest BCUT2D eigenvalue weighted by Crippen LogP contribution is -2.22. The standard InChI is InChI=1S/C21H14N4O2/c26-20-17-8-4-5-9-18(17)24-21(25(20)16-6-2-1-3-7-16)23-15-11-10-14-13-22-27-19(14)12-15/h1-13H,(H,23,24). The molecule has 5 rings (SSSR count). The van der Waals surface area contributed by atoms with Gasteiger partial charge in [-0.3, -0.25) is 4.79 Å². The zero-order valence-electron chi connectivity index (χ0n) is 14.2. The van der Waals surface area contributed by atoms with Gasteiger partial charge in [-0.1, -0.05) is 35.5 Å². The van der Waals surface area contributed by atoms with Crippen molar-refractivity contribution >= 4 is 33.5 Å². The van der Waals surface area contributed by atoms with Gasteiger partial charge in [-0.2, -0.15) is 0 Å². The van der Waals surface area contributed by atoms with Crippen molar-refractivity contribution in [2.45, 2.75) is 0 Å². The van der Waals surface area contributed by atoms with Gasteiger partial charge in [-0.05, 0) is 36.4 Å². The van der Waals surface area contributed by atoms with Crippen LogP contribution >= 0.6 is 0 Å². The molecule has 0 spiro atoms. The van der Waals surface area contributed by atoms with Gasteiger partial charge in [0.15, 0.2) is 5.58 Å². The molecule has 6 nitrogen and oxygen atoms in total. The quantitative estimate of drug-likeness (QED) is 0.524. The number of hydrogen-bond acceptors (Lipinski definition) is 5. The molecule has 0 radical (unpaired) electrons. The maximum atomic E-state index is 13.2. The van der Waals surface area contributed by atoms with Crippen LogP contribution in [0, 0.1) is 0 Å². The van der Waals surface area contributed by atoms with Crippen LogP contribution in [-0.2, 0) is 0 Å². The third kappa shape index (κ3) is 2.64. The molecule has 6 heteroatoms. The van der Waals surface area contributed by atoms with E-state index in [4.69, 9.17) is 4.52 Å².